The summed E-state index contributed by atoms with van der Waals surface area (Å²) in [6.45, 7) is 23.2. The first-order chi connectivity index (χ1) is 64.4. The number of hydrogen-bond acceptors (Lipinski definition) is 8. The molecule has 5 aromatic carbocycles. The van der Waals surface area contributed by atoms with E-state index in [0.29, 0.717) is 0 Å². The summed E-state index contributed by atoms with van der Waals surface area (Å²) < 4.78 is 0. The van der Waals surface area contributed by atoms with Gasteiger partial charge in [0.05, 0.1) is 0 Å². The molecule has 0 N–H and O–H groups in total. The highest BCUT2D eigenvalue weighted by atomic mass is 32.1. The first kappa shape index (κ1) is 103. The monoisotopic (exact) mass is 1900 g/mol. The Balaban J connectivity index is 0.000000226. The molecule has 131 heavy (non-hydrogen) atoms. The standard InChI is InChI=1S/C67H94S4.C56H70S4/c1-7-11-15-19-21-23-25-27-29-31-35-54-48-52(6)68-65(54)62-43-41-60(69-62)61-42-44-63(70-61)66-55(36-32-30-28-26-24-22-20-16-12-8-2)50-64(71-66)53-38-40-57-56-39-37-51(5)47-58(56)67(59(57)49-53,45-33-17-13-9-3)46-34-18-14-10-4;1-5-7-9-11-13-15-17-19-21-23-29-43-39-41(3)57-55(43)51-37-35-49(58-51)50-36-38-52(59-50)56-44(30-24-22-20-18-16-14-12-10-8-6-2)40-53(60-56)54-47-33-27-25-31-45(47)42(4)46-32-26-28-34-48(46)54/h37-44,47-50H,7-36,45-46H2,1-6H3;25-28,31-40H,5-24,29-30H2,1-4H3. The molecule has 0 atom stereocenters. The van der Waals surface area contributed by atoms with E-state index in [1.807, 2.05) is 79.4 Å². The number of aryl methyl sites for hydroxylation is 8. The van der Waals surface area contributed by atoms with Gasteiger partial charge in [-0.05, 0) is 248 Å². The molecule has 0 fully saturated rings. The van der Waals surface area contributed by atoms with Gasteiger partial charge in [-0.1, -0.05) is 408 Å². The Bertz CT molecular complexity index is 5400. The van der Waals surface area contributed by atoms with Gasteiger partial charge >= 0.3 is 0 Å². The van der Waals surface area contributed by atoms with E-state index >= 15 is 0 Å². The topological polar surface area (TPSA) is 0 Å². The van der Waals surface area contributed by atoms with E-state index in [1.165, 1.54) is 479 Å². The number of hydrogen-bond donors (Lipinski definition) is 0. The van der Waals surface area contributed by atoms with E-state index in [1.54, 1.807) is 27.8 Å². The van der Waals surface area contributed by atoms with E-state index in [2.05, 4.69) is 238 Å². The zero-order chi connectivity index (χ0) is 91.2. The van der Waals surface area contributed by atoms with Crippen LogP contribution in [0.3, 0.4) is 0 Å². The number of thiophene rings is 8. The minimum Gasteiger partial charge on any atom is -0.139 e. The molecule has 0 aliphatic heterocycles. The largest absolute Gasteiger partial charge is 0.139 e. The summed E-state index contributed by atoms with van der Waals surface area (Å²) in [6.07, 6.45) is 73.2. The highest BCUT2D eigenvalue weighted by molar-refractivity contribution is 7.30. The van der Waals surface area contributed by atoms with Crippen LogP contribution in [0.5, 0.6) is 0 Å². The van der Waals surface area contributed by atoms with Gasteiger partial charge in [-0.15, -0.1) is 90.7 Å². The molecule has 14 rings (SSSR count). The van der Waals surface area contributed by atoms with Crippen LogP contribution in [0.2, 0.25) is 0 Å². The Kier molecular flexibility index (Phi) is 43.5. The maximum atomic E-state index is 2.69. The smallest absolute Gasteiger partial charge is 0.0481 e. The van der Waals surface area contributed by atoms with Crippen LogP contribution in [0.1, 0.15) is 417 Å². The lowest BCUT2D eigenvalue weighted by atomic mass is 9.70. The van der Waals surface area contributed by atoms with Crippen LogP contribution in [0.15, 0.2) is 158 Å². The summed E-state index contributed by atoms with van der Waals surface area (Å²) >= 11 is 16.2. The quantitative estimate of drug-likeness (QED) is 0.0263. The van der Waals surface area contributed by atoms with Crippen LogP contribution in [0.25, 0.3) is 112 Å². The molecule has 13 aromatic rings. The Morgan fingerprint density at radius 1 is 0.214 bits per heavy atom. The zero-order valence-corrected chi connectivity index (χ0v) is 89.5. The van der Waals surface area contributed by atoms with Gasteiger partial charge in [-0.2, -0.15) is 0 Å². The average molecular weight is 1900 g/mol. The molecule has 8 heterocycles. The van der Waals surface area contributed by atoms with Crippen molar-refractivity contribution in [2.75, 3.05) is 0 Å². The Labute approximate surface area is 828 Å². The molecule has 0 radical (unpaired) electrons. The highest BCUT2D eigenvalue weighted by Crippen LogP contribution is 2.57. The van der Waals surface area contributed by atoms with Crippen molar-refractivity contribution in [3.8, 4) is 90.5 Å². The number of unbranched alkanes of at least 4 members (excludes halogenated alkanes) is 42. The molecule has 0 spiro atoms. The van der Waals surface area contributed by atoms with Gasteiger partial charge in [0.1, 0.15) is 0 Å². The van der Waals surface area contributed by atoms with Gasteiger partial charge in [0, 0.05) is 89.0 Å². The van der Waals surface area contributed by atoms with Crippen LogP contribution < -0.4 is 0 Å². The summed E-state index contributed by atoms with van der Waals surface area (Å²) in [4.78, 5) is 23.2. The molecule has 8 heteroatoms. The van der Waals surface area contributed by atoms with Crippen molar-refractivity contribution in [1.82, 2.24) is 0 Å². The van der Waals surface area contributed by atoms with Crippen molar-refractivity contribution in [2.24, 2.45) is 0 Å². The van der Waals surface area contributed by atoms with Crippen molar-refractivity contribution in [2.45, 2.75) is 421 Å². The lowest BCUT2D eigenvalue weighted by Gasteiger charge is -2.33. The van der Waals surface area contributed by atoms with E-state index < -0.39 is 0 Å². The second kappa shape index (κ2) is 55.6. The number of benzene rings is 5. The highest BCUT2D eigenvalue weighted by Gasteiger charge is 2.43. The van der Waals surface area contributed by atoms with Crippen LogP contribution in [-0.2, 0) is 31.1 Å². The molecule has 0 unspecified atom stereocenters. The maximum Gasteiger partial charge on any atom is 0.0481 e. The molecule has 8 aromatic heterocycles. The Hall–Kier alpha value is -5.78. The van der Waals surface area contributed by atoms with E-state index in [-0.39, 0.29) is 5.41 Å². The number of fused-ring (bicyclic) bond motifs is 5. The SMILES string of the molecule is CCCCCCCCCCCCc1cc(C)sc1-c1ccc(-c2ccc(-c3sc(-c4c5ccccc5c(C)c5ccccc45)cc3CCCCCCCCCCCC)s2)s1.CCCCCCCCCCCCc1cc(C)sc1-c1ccc(-c2ccc(-c3sc(-c4ccc5c(c4)C(CCCCCC)(CCCCCC)c4cc(C)ccc4-5)cc3CCCCCCCCCCCC)s2)s1. The predicted molar refractivity (Wildman–Crippen MR) is 599 cm³/mol. The lowest BCUT2D eigenvalue weighted by Crippen LogP contribution is -2.25. The molecule has 1 aliphatic carbocycles. The van der Waals surface area contributed by atoms with Crippen LogP contribution in [0, 0.1) is 27.7 Å². The van der Waals surface area contributed by atoms with E-state index in [4.69, 9.17) is 0 Å². The van der Waals surface area contributed by atoms with Gasteiger partial charge in [-0.3, -0.25) is 0 Å². The molecule has 0 bridgehead atoms. The fourth-order valence-corrected chi connectivity index (χ4v) is 30.6. The van der Waals surface area contributed by atoms with Crippen molar-refractivity contribution < 1.29 is 0 Å². The van der Waals surface area contributed by atoms with Crippen molar-refractivity contribution in [3.05, 3.63) is 212 Å². The summed E-state index contributed by atoms with van der Waals surface area (Å²) in [5, 5.41) is 5.50. The molecule has 0 saturated heterocycles. The minimum atomic E-state index is 0.102. The minimum absolute atomic E-state index is 0.102. The third-order valence-corrected chi connectivity index (χ3v) is 38.7. The summed E-state index contributed by atoms with van der Waals surface area (Å²) in [5.41, 5.74) is 18.2. The van der Waals surface area contributed by atoms with Gasteiger partial charge in [0.2, 0.25) is 0 Å². The third kappa shape index (κ3) is 29.2. The van der Waals surface area contributed by atoms with Crippen molar-refractivity contribution in [1.29, 1.82) is 0 Å². The third-order valence-electron chi connectivity index (χ3n) is 28.6. The molecule has 1 aliphatic rings. The Morgan fingerprint density at radius 2 is 0.489 bits per heavy atom. The van der Waals surface area contributed by atoms with Crippen LogP contribution in [0.4, 0.5) is 0 Å². The normalized spacial score (nSPS) is 12.4. The first-order valence-electron chi connectivity index (χ1n) is 53.5. The van der Waals surface area contributed by atoms with Gasteiger partial charge < -0.3 is 0 Å². The molecular formula is C123H164S8. The Morgan fingerprint density at radius 3 is 0.840 bits per heavy atom. The second-order valence-electron chi connectivity index (χ2n) is 39.3. The first-order valence-corrected chi connectivity index (χ1v) is 60.0. The predicted octanol–water partition coefficient (Wildman–Crippen LogP) is 44.8. The molecule has 0 saturated carbocycles. The maximum absolute atomic E-state index is 2.69. The van der Waals surface area contributed by atoms with Crippen molar-refractivity contribution >= 4 is 112 Å². The van der Waals surface area contributed by atoms with Gasteiger partial charge in [-0.25, -0.2) is 0 Å². The van der Waals surface area contributed by atoms with Crippen LogP contribution in [-0.4, -0.2) is 0 Å². The van der Waals surface area contributed by atoms with E-state index in [0.717, 1.165) is 6.42 Å². The molecular weight excluding hydrogens is 1730 g/mol. The summed E-state index contributed by atoms with van der Waals surface area (Å²) in [6, 6.07) is 62.8. The average Bonchev–Trinajstić information content (AvgIpc) is 1.56. The molecule has 0 amide bonds. The molecule has 704 valence electrons. The fourth-order valence-electron chi connectivity index (χ4n) is 21.2. The van der Waals surface area contributed by atoms with Gasteiger partial charge in [0.15, 0.2) is 0 Å². The number of rotatable bonds is 62. The fraction of sp³-hybridized carbons (Fsp3) is 0.528. The van der Waals surface area contributed by atoms with Crippen molar-refractivity contribution in [3.63, 3.8) is 0 Å². The summed E-state index contributed by atoms with van der Waals surface area (Å²) in [5.74, 6) is 0. The van der Waals surface area contributed by atoms with Gasteiger partial charge in [0.25, 0.3) is 0 Å². The summed E-state index contributed by atoms with van der Waals surface area (Å²) in [7, 11) is 0. The van der Waals surface area contributed by atoms with E-state index in [9.17, 15) is 0 Å². The second-order valence-corrected chi connectivity index (χ2v) is 48.3. The molecule has 0 nitrogen and oxygen atoms in total. The lowest BCUT2D eigenvalue weighted by molar-refractivity contribution is 0.401. The zero-order valence-electron chi connectivity index (χ0n) is 83.0. The van der Waals surface area contributed by atoms with Crippen LogP contribution >= 0.6 is 90.7 Å².